The summed E-state index contributed by atoms with van der Waals surface area (Å²) in [6, 6.07) is 0. The van der Waals surface area contributed by atoms with Crippen molar-refractivity contribution in [2.45, 2.75) is 58.2 Å². The summed E-state index contributed by atoms with van der Waals surface area (Å²) in [5.74, 6) is 0.594. The molecule has 3 rings (SSSR count). The van der Waals surface area contributed by atoms with Crippen molar-refractivity contribution < 1.29 is 9.53 Å². The zero-order valence-electron chi connectivity index (χ0n) is 12.9. The van der Waals surface area contributed by atoms with E-state index in [1.807, 2.05) is 20.8 Å². The molecule has 0 spiro atoms. The third-order valence-electron chi connectivity index (χ3n) is 3.81. The Balaban J connectivity index is 1.63. The zero-order valence-corrected chi connectivity index (χ0v) is 13.8. The Morgan fingerprint density at radius 3 is 2.67 bits per heavy atom. The predicted molar refractivity (Wildman–Crippen MR) is 82.4 cm³/mol. The monoisotopic (exact) mass is 309 g/mol. The molecule has 2 aliphatic heterocycles. The van der Waals surface area contributed by atoms with Gasteiger partial charge in [0.25, 0.3) is 0 Å². The van der Waals surface area contributed by atoms with Gasteiger partial charge in [-0.2, -0.15) is 0 Å². The summed E-state index contributed by atoms with van der Waals surface area (Å²) in [5, 5.41) is 4.64. The van der Waals surface area contributed by atoms with Crippen LogP contribution in [-0.2, 0) is 17.8 Å². The average Bonchev–Trinajstić information content (AvgIpc) is 2.95. The number of thiazole rings is 1. The van der Waals surface area contributed by atoms with E-state index in [-0.39, 0.29) is 6.09 Å². The quantitative estimate of drug-likeness (QED) is 0.866. The molecule has 2 aliphatic rings. The fraction of sp³-hybridized carbons (Fsp3) is 0.733. The van der Waals surface area contributed by atoms with E-state index < -0.39 is 5.60 Å². The molecular formula is C15H23N3O2S. The topological polar surface area (TPSA) is 54.5 Å². The van der Waals surface area contributed by atoms with Crippen LogP contribution in [0, 0.1) is 0 Å². The summed E-state index contributed by atoms with van der Waals surface area (Å²) in [6.07, 6.45) is 2.10. The second-order valence-corrected chi connectivity index (χ2v) is 7.90. The molecule has 116 valence electrons. The van der Waals surface area contributed by atoms with Gasteiger partial charge < -0.3 is 10.1 Å². The average molecular weight is 309 g/mol. The first-order valence-electron chi connectivity index (χ1n) is 7.59. The number of aromatic nitrogens is 1. The van der Waals surface area contributed by atoms with Gasteiger partial charge in [0, 0.05) is 10.8 Å². The molecule has 0 unspecified atom stereocenters. The molecule has 1 saturated heterocycles. The van der Waals surface area contributed by atoms with Gasteiger partial charge in [-0.05, 0) is 46.7 Å². The van der Waals surface area contributed by atoms with Gasteiger partial charge in [0.15, 0.2) is 0 Å². The Morgan fingerprint density at radius 1 is 1.33 bits per heavy atom. The molecule has 1 aromatic heterocycles. The molecule has 0 saturated carbocycles. The Bertz CT molecular complexity index is 506. The molecule has 0 atom stereocenters. The van der Waals surface area contributed by atoms with E-state index in [0.717, 1.165) is 18.8 Å². The van der Waals surface area contributed by atoms with Crippen LogP contribution in [0.1, 0.15) is 55.1 Å². The summed E-state index contributed by atoms with van der Waals surface area (Å²) >= 11 is 1.78. The van der Waals surface area contributed by atoms with Crippen LogP contribution in [0.5, 0.6) is 0 Å². The van der Waals surface area contributed by atoms with Gasteiger partial charge in [-0.15, -0.1) is 11.3 Å². The van der Waals surface area contributed by atoms with E-state index >= 15 is 0 Å². The van der Waals surface area contributed by atoms with E-state index in [9.17, 15) is 4.79 Å². The molecule has 0 bridgehead atoms. The first kappa shape index (κ1) is 14.8. The number of carbonyl (C=O) groups excluding carboxylic acids is 1. The molecule has 5 nitrogen and oxygen atoms in total. The third-order valence-corrected chi connectivity index (χ3v) is 5.05. The van der Waals surface area contributed by atoms with Crippen molar-refractivity contribution in [3.63, 3.8) is 0 Å². The largest absolute Gasteiger partial charge is 0.444 e. The lowest BCUT2D eigenvalue weighted by atomic mass is 9.99. The highest BCUT2D eigenvalue weighted by Crippen LogP contribution is 2.35. The summed E-state index contributed by atoms with van der Waals surface area (Å²) < 4.78 is 5.42. The molecule has 21 heavy (non-hydrogen) atoms. The van der Waals surface area contributed by atoms with Crippen molar-refractivity contribution in [3.8, 4) is 0 Å². The maximum atomic E-state index is 12.1. The molecule has 1 aromatic rings. The van der Waals surface area contributed by atoms with E-state index in [1.165, 1.54) is 22.7 Å². The smallest absolute Gasteiger partial charge is 0.410 e. The number of nitrogens with zero attached hydrogens (tertiary/aromatic N) is 2. The number of amides is 1. The number of piperidine rings is 1. The molecule has 1 amide bonds. The second kappa shape index (κ2) is 5.57. The lowest BCUT2D eigenvalue weighted by Crippen LogP contribution is -2.33. The Labute approximate surface area is 129 Å². The molecular weight excluding hydrogens is 286 g/mol. The zero-order chi connectivity index (χ0) is 15.0. The first-order valence-corrected chi connectivity index (χ1v) is 8.41. The van der Waals surface area contributed by atoms with Crippen molar-refractivity contribution in [2.24, 2.45) is 0 Å². The Hall–Kier alpha value is -1.14. The van der Waals surface area contributed by atoms with Crippen LogP contribution in [0.3, 0.4) is 0 Å². The summed E-state index contributed by atoms with van der Waals surface area (Å²) in [4.78, 5) is 19.8. The van der Waals surface area contributed by atoms with Gasteiger partial charge in [-0.1, -0.05) is 0 Å². The van der Waals surface area contributed by atoms with Gasteiger partial charge in [-0.25, -0.2) is 9.78 Å². The molecule has 0 aliphatic carbocycles. The molecule has 1 fully saturated rings. The van der Waals surface area contributed by atoms with E-state index in [4.69, 9.17) is 9.72 Å². The van der Waals surface area contributed by atoms with E-state index in [1.54, 1.807) is 16.2 Å². The van der Waals surface area contributed by atoms with Gasteiger partial charge >= 0.3 is 6.09 Å². The fourth-order valence-electron chi connectivity index (χ4n) is 2.76. The minimum Gasteiger partial charge on any atom is -0.444 e. The maximum Gasteiger partial charge on any atom is 0.410 e. The van der Waals surface area contributed by atoms with Crippen molar-refractivity contribution >= 4 is 17.4 Å². The van der Waals surface area contributed by atoms with Crippen molar-refractivity contribution in [1.82, 2.24) is 15.2 Å². The molecule has 1 N–H and O–H groups in total. The van der Waals surface area contributed by atoms with Crippen molar-refractivity contribution in [3.05, 3.63) is 15.6 Å². The van der Waals surface area contributed by atoms with Crippen LogP contribution >= 0.6 is 11.3 Å². The lowest BCUT2D eigenvalue weighted by Gasteiger charge is -2.24. The Kier molecular flexibility index (Phi) is 3.92. The highest BCUT2D eigenvalue weighted by molar-refractivity contribution is 7.11. The molecule has 3 heterocycles. The van der Waals surface area contributed by atoms with Gasteiger partial charge in [0.1, 0.15) is 5.60 Å². The molecule has 6 heteroatoms. The standard InChI is InChI=1S/C15H23N3O2S/c1-15(2,3)20-14(19)18-8-11-12(9-18)21-13(17-11)10-4-6-16-7-5-10/h10,16H,4-9H2,1-3H3. The summed E-state index contributed by atoms with van der Waals surface area (Å²) in [6.45, 7) is 9.08. The van der Waals surface area contributed by atoms with Crippen LogP contribution < -0.4 is 5.32 Å². The third kappa shape index (κ3) is 3.37. The lowest BCUT2D eigenvalue weighted by molar-refractivity contribution is 0.0241. The van der Waals surface area contributed by atoms with Gasteiger partial charge in [0.05, 0.1) is 23.8 Å². The maximum absolute atomic E-state index is 12.1. The predicted octanol–water partition coefficient (Wildman–Crippen LogP) is 2.86. The van der Waals surface area contributed by atoms with Crippen LogP contribution in [0.25, 0.3) is 0 Å². The number of rotatable bonds is 1. The van der Waals surface area contributed by atoms with Gasteiger partial charge in [-0.3, -0.25) is 4.90 Å². The normalized spacial score (nSPS) is 19.7. The first-order chi connectivity index (χ1) is 9.92. The SMILES string of the molecule is CC(C)(C)OC(=O)N1Cc2nc(C3CCNCC3)sc2C1. The number of fused-ring (bicyclic) bond motifs is 1. The van der Waals surface area contributed by atoms with Crippen LogP contribution in [0.4, 0.5) is 4.79 Å². The number of ether oxygens (including phenoxy) is 1. The Morgan fingerprint density at radius 2 is 2.05 bits per heavy atom. The van der Waals surface area contributed by atoms with Gasteiger partial charge in [0.2, 0.25) is 0 Å². The number of hydrogen-bond acceptors (Lipinski definition) is 5. The second-order valence-electron chi connectivity index (χ2n) is 6.78. The van der Waals surface area contributed by atoms with E-state index in [2.05, 4.69) is 5.32 Å². The number of hydrogen-bond donors (Lipinski definition) is 1. The van der Waals surface area contributed by atoms with Crippen LogP contribution in [0.2, 0.25) is 0 Å². The number of nitrogens with one attached hydrogen (secondary N) is 1. The van der Waals surface area contributed by atoms with Crippen LogP contribution in [-0.4, -0.2) is 34.7 Å². The highest BCUT2D eigenvalue weighted by atomic mass is 32.1. The fourth-order valence-corrected chi connectivity index (χ4v) is 4.02. The number of carbonyl (C=O) groups is 1. The van der Waals surface area contributed by atoms with Crippen LogP contribution in [0.15, 0.2) is 0 Å². The van der Waals surface area contributed by atoms with Crippen molar-refractivity contribution in [1.29, 1.82) is 0 Å². The summed E-state index contributed by atoms with van der Waals surface area (Å²) in [5.41, 5.74) is 0.625. The highest BCUT2D eigenvalue weighted by Gasteiger charge is 2.31. The van der Waals surface area contributed by atoms with Crippen molar-refractivity contribution in [2.75, 3.05) is 13.1 Å². The summed E-state index contributed by atoms with van der Waals surface area (Å²) in [7, 11) is 0. The molecule has 0 radical (unpaired) electrons. The minimum absolute atomic E-state index is 0.240. The minimum atomic E-state index is -0.444. The van der Waals surface area contributed by atoms with E-state index in [0.29, 0.717) is 19.0 Å². The molecule has 0 aromatic carbocycles.